The first kappa shape index (κ1) is 13.1. The number of rotatable bonds is 6. The van der Waals surface area contributed by atoms with Crippen LogP contribution in [0.5, 0.6) is 0 Å². The van der Waals surface area contributed by atoms with Crippen LogP contribution in [0.1, 0.15) is 19.4 Å². The third-order valence-electron chi connectivity index (χ3n) is 3.02. The lowest BCUT2D eigenvalue weighted by atomic mass is 10.1. The molecule has 2 rings (SSSR count). The molecule has 1 aromatic carbocycles. The molecule has 3 heteroatoms. The molecule has 1 aromatic heterocycles. The Morgan fingerprint density at radius 3 is 2.83 bits per heavy atom. The van der Waals surface area contributed by atoms with Crippen LogP contribution >= 0.6 is 0 Å². The van der Waals surface area contributed by atoms with Crippen LogP contribution < -0.4 is 5.32 Å². The summed E-state index contributed by atoms with van der Waals surface area (Å²) in [5.41, 5.74) is 2.66. The molecule has 98 valence electrons. The molecule has 2 aromatic rings. The van der Waals surface area contributed by atoms with Crippen LogP contribution in [-0.4, -0.2) is 24.3 Å². The second kappa shape index (κ2) is 6.03. The van der Waals surface area contributed by atoms with Crippen molar-refractivity contribution in [3.8, 4) is 0 Å². The van der Waals surface area contributed by atoms with E-state index in [2.05, 4.69) is 54.2 Å². The first-order valence-corrected chi connectivity index (χ1v) is 6.55. The van der Waals surface area contributed by atoms with E-state index in [4.69, 9.17) is 4.74 Å². The first-order valence-electron chi connectivity index (χ1n) is 6.55. The molecule has 0 saturated carbocycles. The number of hydrogen-bond donors (Lipinski definition) is 1. The van der Waals surface area contributed by atoms with E-state index in [1.807, 2.05) is 7.05 Å². The van der Waals surface area contributed by atoms with Gasteiger partial charge in [-0.1, -0.05) is 18.2 Å². The van der Waals surface area contributed by atoms with E-state index in [9.17, 15) is 0 Å². The molecule has 1 N–H and O–H groups in total. The molecule has 0 saturated heterocycles. The fraction of sp³-hybridized carbons (Fsp3) is 0.467. The molecule has 0 aliphatic carbocycles. The Labute approximate surface area is 109 Å². The van der Waals surface area contributed by atoms with Crippen molar-refractivity contribution in [3.63, 3.8) is 0 Å². The highest BCUT2D eigenvalue weighted by Gasteiger charge is 2.06. The maximum atomic E-state index is 5.63. The highest BCUT2D eigenvalue weighted by atomic mass is 16.5. The van der Waals surface area contributed by atoms with Gasteiger partial charge in [-0.05, 0) is 37.9 Å². The maximum Gasteiger partial charge on any atom is 0.0649 e. The standard InChI is InChI=1S/C15H22N2O/c1-12(2)18-10-9-17-8-7-13-5-4-6-14(11-16-3)15(13)17/h4-8,12,16H,9-11H2,1-3H3. The number of ether oxygens (including phenoxy) is 1. The lowest BCUT2D eigenvalue weighted by Crippen LogP contribution is -2.11. The van der Waals surface area contributed by atoms with Crippen molar-refractivity contribution < 1.29 is 4.74 Å². The zero-order valence-electron chi connectivity index (χ0n) is 11.4. The summed E-state index contributed by atoms with van der Waals surface area (Å²) in [6, 6.07) is 8.63. The first-order chi connectivity index (χ1) is 8.72. The van der Waals surface area contributed by atoms with E-state index < -0.39 is 0 Å². The Kier molecular flexibility index (Phi) is 4.39. The second-order valence-electron chi connectivity index (χ2n) is 4.81. The SMILES string of the molecule is CNCc1cccc2ccn(CCOC(C)C)c12. The van der Waals surface area contributed by atoms with Gasteiger partial charge in [0.2, 0.25) is 0 Å². The van der Waals surface area contributed by atoms with Crippen LogP contribution in [0.25, 0.3) is 10.9 Å². The van der Waals surface area contributed by atoms with Gasteiger partial charge in [-0.3, -0.25) is 0 Å². The molecule has 1 heterocycles. The van der Waals surface area contributed by atoms with E-state index in [1.165, 1.54) is 16.5 Å². The zero-order chi connectivity index (χ0) is 13.0. The lowest BCUT2D eigenvalue weighted by Gasteiger charge is -2.11. The topological polar surface area (TPSA) is 26.2 Å². The molecule has 3 nitrogen and oxygen atoms in total. The average Bonchev–Trinajstić information content (AvgIpc) is 2.74. The monoisotopic (exact) mass is 246 g/mol. The molecule has 0 atom stereocenters. The van der Waals surface area contributed by atoms with Crippen LogP contribution in [0.4, 0.5) is 0 Å². The van der Waals surface area contributed by atoms with Gasteiger partial charge in [0.05, 0.1) is 18.2 Å². The van der Waals surface area contributed by atoms with Crippen LogP contribution in [0, 0.1) is 0 Å². The molecule has 18 heavy (non-hydrogen) atoms. The summed E-state index contributed by atoms with van der Waals surface area (Å²) in [6.07, 6.45) is 2.44. The van der Waals surface area contributed by atoms with Crippen LogP contribution in [0.15, 0.2) is 30.5 Å². The van der Waals surface area contributed by atoms with Crippen molar-refractivity contribution in [1.82, 2.24) is 9.88 Å². The molecule has 0 spiro atoms. The number of fused-ring (bicyclic) bond motifs is 1. The van der Waals surface area contributed by atoms with Gasteiger partial charge in [0, 0.05) is 19.3 Å². The fourth-order valence-corrected chi connectivity index (χ4v) is 2.25. The molecule has 0 aliphatic heterocycles. The van der Waals surface area contributed by atoms with Crippen molar-refractivity contribution in [2.24, 2.45) is 0 Å². The highest BCUT2D eigenvalue weighted by Crippen LogP contribution is 2.20. The van der Waals surface area contributed by atoms with E-state index in [-0.39, 0.29) is 0 Å². The Balaban J connectivity index is 2.22. The lowest BCUT2D eigenvalue weighted by molar-refractivity contribution is 0.0733. The van der Waals surface area contributed by atoms with Crippen molar-refractivity contribution in [3.05, 3.63) is 36.0 Å². The van der Waals surface area contributed by atoms with Crippen molar-refractivity contribution in [1.29, 1.82) is 0 Å². The van der Waals surface area contributed by atoms with Crippen molar-refractivity contribution in [2.45, 2.75) is 33.0 Å². The molecule has 0 bridgehead atoms. The molecule has 0 radical (unpaired) electrons. The maximum absolute atomic E-state index is 5.63. The van der Waals surface area contributed by atoms with Crippen molar-refractivity contribution in [2.75, 3.05) is 13.7 Å². The van der Waals surface area contributed by atoms with Crippen LogP contribution in [0.2, 0.25) is 0 Å². The number of nitrogens with zero attached hydrogens (tertiary/aromatic N) is 1. The summed E-state index contributed by atoms with van der Waals surface area (Å²) in [5, 5.41) is 4.52. The normalized spacial score (nSPS) is 11.6. The molecule has 0 aliphatic rings. The van der Waals surface area contributed by atoms with Gasteiger partial charge in [-0.25, -0.2) is 0 Å². The minimum atomic E-state index is 0.295. The van der Waals surface area contributed by atoms with Gasteiger partial charge in [-0.2, -0.15) is 0 Å². The smallest absolute Gasteiger partial charge is 0.0649 e. The van der Waals surface area contributed by atoms with Crippen LogP contribution in [-0.2, 0) is 17.8 Å². The summed E-state index contributed by atoms with van der Waals surface area (Å²) in [6.45, 7) is 6.70. The molecule has 0 amide bonds. The summed E-state index contributed by atoms with van der Waals surface area (Å²) < 4.78 is 7.91. The highest BCUT2D eigenvalue weighted by molar-refractivity contribution is 5.83. The zero-order valence-corrected chi connectivity index (χ0v) is 11.4. The Morgan fingerprint density at radius 1 is 1.28 bits per heavy atom. The summed E-state index contributed by atoms with van der Waals surface area (Å²) in [5.74, 6) is 0. The minimum Gasteiger partial charge on any atom is -0.377 e. The van der Waals surface area contributed by atoms with Gasteiger partial charge in [0.1, 0.15) is 0 Å². The summed E-state index contributed by atoms with van der Waals surface area (Å²) in [4.78, 5) is 0. The van der Waals surface area contributed by atoms with Gasteiger partial charge in [-0.15, -0.1) is 0 Å². The summed E-state index contributed by atoms with van der Waals surface area (Å²) >= 11 is 0. The van der Waals surface area contributed by atoms with Gasteiger partial charge in [0.15, 0.2) is 0 Å². The van der Waals surface area contributed by atoms with E-state index in [0.29, 0.717) is 6.10 Å². The van der Waals surface area contributed by atoms with Gasteiger partial charge >= 0.3 is 0 Å². The minimum absolute atomic E-state index is 0.295. The predicted octanol–water partition coefficient (Wildman–Crippen LogP) is 2.79. The number of benzene rings is 1. The van der Waals surface area contributed by atoms with E-state index in [0.717, 1.165) is 19.7 Å². The van der Waals surface area contributed by atoms with Gasteiger partial charge < -0.3 is 14.6 Å². The van der Waals surface area contributed by atoms with E-state index >= 15 is 0 Å². The third kappa shape index (κ3) is 2.92. The molecule has 0 fully saturated rings. The molecular formula is C15H22N2O. The largest absolute Gasteiger partial charge is 0.377 e. The average molecular weight is 246 g/mol. The molecular weight excluding hydrogens is 224 g/mol. The molecule has 0 unspecified atom stereocenters. The number of para-hydroxylation sites is 1. The van der Waals surface area contributed by atoms with Crippen LogP contribution in [0.3, 0.4) is 0 Å². The quantitative estimate of drug-likeness (QED) is 0.848. The number of hydrogen-bond acceptors (Lipinski definition) is 2. The predicted molar refractivity (Wildman–Crippen MR) is 75.8 cm³/mol. The number of nitrogens with one attached hydrogen (secondary N) is 1. The Bertz CT molecular complexity index is 502. The summed E-state index contributed by atoms with van der Waals surface area (Å²) in [7, 11) is 1.98. The van der Waals surface area contributed by atoms with Gasteiger partial charge in [0.25, 0.3) is 0 Å². The second-order valence-corrected chi connectivity index (χ2v) is 4.81. The Morgan fingerprint density at radius 2 is 2.11 bits per heavy atom. The van der Waals surface area contributed by atoms with Crippen molar-refractivity contribution >= 4 is 10.9 Å². The third-order valence-corrected chi connectivity index (χ3v) is 3.02. The van der Waals surface area contributed by atoms with E-state index in [1.54, 1.807) is 0 Å². The Hall–Kier alpha value is -1.32. The fourth-order valence-electron chi connectivity index (χ4n) is 2.25. The number of aromatic nitrogens is 1.